The second-order valence-corrected chi connectivity index (χ2v) is 4.67. The van der Waals surface area contributed by atoms with Crippen LogP contribution in [0.25, 0.3) is 6.08 Å². The molecule has 0 saturated heterocycles. The first-order chi connectivity index (χ1) is 11.1. The van der Waals surface area contributed by atoms with E-state index in [-0.39, 0.29) is 11.8 Å². The first-order valence-corrected chi connectivity index (χ1v) is 6.94. The largest absolute Gasteiger partial charge is 0.495 e. The monoisotopic (exact) mass is 311 g/mol. The van der Waals surface area contributed by atoms with Crippen LogP contribution in [-0.2, 0) is 9.59 Å². The van der Waals surface area contributed by atoms with E-state index in [2.05, 4.69) is 15.6 Å². The molecular formula is C17H17N3O3. The minimum Gasteiger partial charge on any atom is -0.495 e. The number of carbonyl (C=O) groups is 2. The molecule has 0 bridgehead atoms. The van der Waals surface area contributed by atoms with E-state index in [1.165, 1.54) is 20.1 Å². The Kier molecular flexibility index (Phi) is 5.46. The van der Waals surface area contributed by atoms with Crippen LogP contribution in [0.1, 0.15) is 12.6 Å². The van der Waals surface area contributed by atoms with Crippen molar-refractivity contribution in [2.24, 2.45) is 0 Å². The summed E-state index contributed by atoms with van der Waals surface area (Å²) in [5, 5.41) is 5.37. The van der Waals surface area contributed by atoms with Crippen molar-refractivity contribution in [1.82, 2.24) is 4.98 Å². The topological polar surface area (TPSA) is 80.3 Å². The van der Waals surface area contributed by atoms with Crippen LogP contribution < -0.4 is 15.4 Å². The van der Waals surface area contributed by atoms with Crippen LogP contribution in [0.4, 0.5) is 11.4 Å². The van der Waals surface area contributed by atoms with Crippen LogP contribution in [0.2, 0.25) is 0 Å². The van der Waals surface area contributed by atoms with E-state index < -0.39 is 0 Å². The lowest BCUT2D eigenvalue weighted by Crippen LogP contribution is -2.10. The van der Waals surface area contributed by atoms with Gasteiger partial charge in [0, 0.05) is 24.9 Å². The van der Waals surface area contributed by atoms with Crippen molar-refractivity contribution in [2.75, 3.05) is 17.7 Å². The molecule has 1 aromatic heterocycles. The average Bonchev–Trinajstić information content (AvgIpc) is 2.54. The Hall–Kier alpha value is -3.15. The Morgan fingerprint density at radius 1 is 1.17 bits per heavy atom. The first-order valence-electron chi connectivity index (χ1n) is 6.94. The SMILES string of the molecule is COc1ccc(NC(C)=O)cc1NC(=O)/C=C/c1ccccn1. The van der Waals surface area contributed by atoms with E-state index in [0.29, 0.717) is 22.8 Å². The molecule has 0 aliphatic heterocycles. The zero-order chi connectivity index (χ0) is 16.7. The molecule has 0 fully saturated rings. The van der Waals surface area contributed by atoms with Gasteiger partial charge in [-0.15, -0.1) is 0 Å². The van der Waals surface area contributed by atoms with E-state index in [1.54, 1.807) is 42.6 Å². The zero-order valence-electron chi connectivity index (χ0n) is 12.9. The lowest BCUT2D eigenvalue weighted by molar-refractivity contribution is -0.114. The summed E-state index contributed by atoms with van der Waals surface area (Å²) in [6.07, 6.45) is 4.64. The highest BCUT2D eigenvalue weighted by Crippen LogP contribution is 2.27. The fraction of sp³-hybridized carbons (Fsp3) is 0.118. The van der Waals surface area contributed by atoms with Crippen molar-refractivity contribution in [3.05, 3.63) is 54.4 Å². The number of carbonyl (C=O) groups excluding carboxylic acids is 2. The van der Waals surface area contributed by atoms with Crippen molar-refractivity contribution >= 4 is 29.3 Å². The van der Waals surface area contributed by atoms with E-state index in [0.717, 1.165) is 0 Å². The second-order valence-electron chi connectivity index (χ2n) is 4.67. The number of methoxy groups -OCH3 is 1. The predicted octanol–water partition coefficient (Wildman–Crippen LogP) is 2.70. The van der Waals surface area contributed by atoms with Gasteiger partial charge in [-0.1, -0.05) is 6.07 Å². The Balaban J connectivity index is 2.12. The molecule has 2 rings (SSSR count). The molecule has 0 radical (unpaired) electrons. The number of rotatable bonds is 5. The van der Waals surface area contributed by atoms with Gasteiger partial charge in [-0.2, -0.15) is 0 Å². The Bertz CT molecular complexity index is 727. The quantitative estimate of drug-likeness (QED) is 0.832. The van der Waals surface area contributed by atoms with Crippen LogP contribution >= 0.6 is 0 Å². The predicted molar refractivity (Wildman–Crippen MR) is 89.2 cm³/mol. The Labute approximate surface area is 134 Å². The third-order valence-corrected chi connectivity index (χ3v) is 2.87. The van der Waals surface area contributed by atoms with Crippen molar-refractivity contribution in [2.45, 2.75) is 6.92 Å². The highest BCUT2D eigenvalue weighted by Gasteiger charge is 2.07. The van der Waals surface area contributed by atoms with E-state index >= 15 is 0 Å². The van der Waals surface area contributed by atoms with Gasteiger partial charge < -0.3 is 15.4 Å². The number of benzene rings is 1. The van der Waals surface area contributed by atoms with Crippen molar-refractivity contribution < 1.29 is 14.3 Å². The molecule has 0 unspecified atom stereocenters. The van der Waals surface area contributed by atoms with Crippen LogP contribution in [0.3, 0.4) is 0 Å². The molecule has 2 amide bonds. The maximum absolute atomic E-state index is 12.0. The van der Waals surface area contributed by atoms with Gasteiger partial charge in [0.15, 0.2) is 0 Å². The molecule has 0 atom stereocenters. The minimum atomic E-state index is -0.325. The average molecular weight is 311 g/mol. The molecule has 0 spiro atoms. The summed E-state index contributed by atoms with van der Waals surface area (Å²) in [6.45, 7) is 1.41. The number of ether oxygens (including phenoxy) is 1. The van der Waals surface area contributed by atoms with Gasteiger partial charge in [0.1, 0.15) is 5.75 Å². The summed E-state index contributed by atoms with van der Waals surface area (Å²) >= 11 is 0. The summed E-state index contributed by atoms with van der Waals surface area (Å²) in [4.78, 5) is 27.2. The lowest BCUT2D eigenvalue weighted by Gasteiger charge is -2.11. The lowest BCUT2D eigenvalue weighted by atomic mass is 10.2. The summed E-state index contributed by atoms with van der Waals surface area (Å²) in [5.41, 5.74) is 1.72. The van der Waals surface area contributed by atoms with Crippen molar-refractivity contribution in [3.63, 3.8) is 0 Å². The normalized spacial score (nSPS) is 10.3. The highest BCUT2D eigenvalue weighted by molar-refractivity contribution is 6.03. The summed E-state index contributed by atoms with van der Waals surface area (Å²) in [6, 6.07) is 10.4. The molecule has 1 aromatic carbocycles. The van der Waals surface area contributed by atoms with Gasteiger partial charge in [0.2, 0.25) is 11.8 Å². The molecule has 2 aromatic rings. The minimum absolute atomic E-state index is 0.192. The number of aromatic nitrogens is 1. The smallest absolute Gasteiger partial charge is 0.248 e. The maximum Gasteiger partial charge on any atom is 0.248 e. The number of anilines is 2. The third kappa shape index (κ3) is 4.96. The fourth-order valence-electron chi connectivity index (χ4n) is 1.90. The van der Waals surface area contributed by atoms with Gasteiger partial charge >= 0.3 is 0 Å². The molecular weight excluding hydrogens is 294 g/mol. The molecule has 2 N–H and O–H groups in total. The van der Waals surface area contributed by atoms with Gasteiger partial charge in [-0.25, -0.2) is 0 Å². The third-order valence-electron chi connectivity index (χ3n) is 2.87. The number of nitrogens with one attached hydrogen (secondary N) is 2. The standard InChI is InChI=1S/C17H17N3O3/c1-12(21)19-14-6-8-16(23-2)15(11-14)20-17(22)9-7-13-5-3-4-10-18-13/h3-11H,1-2H3,(H,19,21)(H,20,22)/b9-7+. The molecule has 0 aliphatic carbocycles. The van der Waals surface area contributed by atoms with Crippen LogP contribution in [-0.4, -0.2) is 23.9 Å². The number of nitrogens with zero attached hydrogens (tertiary/aromatic N) is 1. The van der Waals surface area contributed by atoms with Crippen molar-refractivity contribution in [3.8, 4) is 5.75 Å². The summed E-state index contributed by atoms with van der Waals surface area (Å²) in [5.74, 6) is -0.0184. The molecule has 1 heterocycles. The van der Waals surface area contributed by atoms with Gasteiger partial charge in [0.05, 0.1) is 18.5 Å². The number of amides is 2. The molecule has 0 aliphatic rings. The molecule has 6 heteroatoms. The molecule has 23 heavy (non-hydrogen) atoms. The van der Waals surface area contributed by atoms with Gasteiger partial charge in [-0.3, -0.25) is 14.6 Å². The summed E-state index contributed by atoms with van der Waals surface area (Å²) < 4.78 is 5.21. The Morgan fingerprint density at radius 2 is 2.00 bits per heavy atom. The maximum atomic E-state index is 12.0. The van der Waals surface area contributed by atoms with E-state index in [1.807, 2.05) is 6.07 Å². The van der Waals surface area contributed by atoms with Gasteiger partial charge in [0.25, 0.3) is 0 Å². The molecule has 0 saturated carbocycles. The first kappa shape index (κ1) is 16.2. The van der Waals surface area contributed by atoms with Crippen LogP contribution in [0.5, 0.6) is 5.75 Å². The number of hydrogen-bond donors (Lipinski definition) is 2. The zero-order valence-corrected chi connectivity index (χ0v) is 12.9. The van der Waals surface area contributed by atoms with Gasteiger partial charge in [-0.05, 0) is 36.4 Å². The number of hydrogen-bond acceptors (Lipinski definition) is 4. The molecule has 6 nitrogen and oxygen atoms in total. The second kappa shape index (κ2) is 7.74. The van der Waals surface area contributed by atoms with Crippen LogP contribution in [0, 0.1) is 0 Å². The van der Waals surface area contributed by atoms with E-state index in [9.17, 15) is 9.59 Å². The Morgan fingerprint density at radius 3 is 2.65 bits per heavy atom. The summed E-state index contributed by atoms with van der Waals surface area (Å²) in [7, 11) is 1.51. The molecule has 118 valence electrons. The van der Waals surface area contributed by atoms with Crippen LogP contribution in [0.15, 0.2) is 48.7 Å². The highest BCUT2D eigenvalue weighted by atomic mass is 16.5. The fourth-order valence-corrected chi connectivity index (χ4v) is 1.90. The number of pyridine rings is 1. The van der Waals surface area contributed by atoms with Crippen molar-refractivity contribution in [1.29, 1.82) is 0 Å². The van der Waals surface area contributed by atoms with E-state index in [4.69, 9.17) is 4.74 Å².